The summed E-state index contributed by atoms with van der Waals surface area (Å²) < 4.78 is 21.9. The summed E-state index contributed by atoms with van der Waals surface area (Å²) >= 11 is 0. The van der Waals surface area contributed by atoms with Crippen molar-refractivity contribution in [2.24, 2.45) is 0 Å². The molecular weight excluding hydrogens is 252 g/mol. The van der Waals surface area contributed by atoms with Crippen LogP contribution in [0, 0.1) is 0 Å². The maximum absolute atomic E-state index is 11.3. The fourth-order valence-electron chi connectivity index (χ4n) is 1.44. The zero-order chi connectivity index (χ0) is 13.2. The van der Waals surface area contributed by atoms with Gasteiger partial charge in [0.15, 0.2) is 0 Å². The van der Waals surface area contributed by atoms with Crippen molar-refractivity contribution in [2.75, 3.05) is 18.6 Å². The molecule has 1 heterocycles. The van der Waals surface area contributed by atoms with Crippen molar-refractivity contribution >= 4 is 27.7 Å². The lowest BCUT2D eigenvalue weighted by Crippen LogP contribution is -2.46. The van der Waals surface area contributed by atoms with Gasteiger partial charge in [-0.15, -0.1) is 0 Å². The first-order chi connectivity index (χ1) is 7.72. The van der Waals surface area contributed by atoms with Gasteiger partial charge in [0.05, 0.1) is 12.3 Å². The third-order valence-corrected chi connectivity index (χ3v) is 3.21. The van der Waals surface area contributed by atoms with Crippen LogP contribution >= 0.6 is 0 Å². The molecule has 1 unspecified atom stereocenters. The summed E-state index contributed by atoms with van der Waals surface area (Å²) in [6, 6.07) is -2.25. The maximum atomic E-state index is 11.3. The molecule has 3 amide bonds. The molecule has 17 heavy (non-hydrogen) atoms. The summed E-state index contributed by atoms with van der Waals surface area (Å²) in [5, 5.41) is 11.1. The molecule has 0 aromatic carbocycles. The van der Waals surface area contributed by atoms with Gasteiger partial charge in [0, 0.05) is 6.26 Å². The summed E-state index contributed by atoms with van der Waals surface area (Å²) in [5.74, 6) is -2.48. The van der Waals surface area contributed by atoms with Crippen LogP contribution in [-0.2, 0) is 19.4 Å². The number of amides is 3. The van der Waals surface area contributed by atoms with E-state index in [2.05, 4.69) is 5.32 Å². The van der Waals surface area contributed by atoms with Gasteiger partial charge >= 0.3 is 12.0 Å². The molecule has 1 fully saturated rings. The molecule has 1 aliphatic heterocycles. The van der Waals surface area contributed by atoms with Crippen molar-refractivity contribution in [3.05, 3.63) is 0 Å². The molecule has 1 atom stereocenters. The minimum atomic E-state index is -3.35. The first-order valence-electron chi connectivity index (χ1n) is 4.73. The van der Waals surface area contributed by atoms with Gasteiger partial charge < -0.3 is 10.4 Å². The Balaban J connectivity index is 2.83. The number of carbonyl (C=O) groups excluding carboxylic acids is 2. The van der Waals surface area contributed by atoms with E-state index < -0.39 is 39.5 Å². The fourth-order valence-corrected chi connectivity index (χ4v) is 2.09. The van der Waals surface area contributed by atoms with Crippen molar-refractivity contribution in [2.45, 2.75) is 12.5 Å². The quantitative estimate of drug-likeness (QED) is 0.578. The lowest BCUT2D eigenvalue weighted by molar-refractivity contribution is -0.146. The molecule has 0 radical (unpaired) electrons. The maximum Gasteiger partial charge on any atom is 0.327 e. The highest BCUT2D eigenvalue weighted by molar-refractivity contribution is 7.90. The number of hydrogen-bond acceptors (Lipinski definition) is 5. The Bertz CT molecular complexity index is 441. The number of carbonyl (C=O) groups is 3. The van der Waals surface area contributed by atoms with Gasteiger partial charge in [-0.2, -0.15) is 0 Å². The minimum Gasteiger partial charge on any atom is -0.480 e. The van der Waals surface area contributed by atoms with E-state index in [1.54, 1.807) is 0 Å². The molecule has 9 heteroatoms. The van der Waals surface area contributed by atoms with E-state index in [1.807, 2.05) is 0 Å². The topological polar surface area (TPSA) is 121 Å². The SMILES string of the molecule is CS(=O)(=O)CCC(C(=O)O)N1C(=O)CNC1=O. The van der Waals surface area contributed by atoms with Crippen LogP contribution in [0.3, 0.4) is 0 Å². The Kier molecular flexibility index (Phi) is 3.71. The van der Waals surface area contributed by atoms with Crippen LogP contribution in [-0.4, -0.2) is 60.9 Å². The van der Waals surface area contributed by atoms with Gasteiger partial charge in [-0.05, 0) is 6.42 Å². The molecule has 96 valence electrons. The molecule has 8 nitrogen and oxygen atoms in total. The molecule has 1 aliphatic rings. The fraction of sp³-hybridized carbons (Fsp3) is 0.625. The van der Waals surface area contributed by atoms with Crippen LogP contribution in [0.15, 0.2) is 0 Å². The number of sulfone groups is 1. The van der Waals surface area contributed by atoms with Gasteiger partial charge in [0.1, 0.15) is 15.9 Å². The highest BCUT2D eigenvalue weighted by atomic mass is 32.2. The highest BCUT2D eigenvalue weighted by Gasteiger charge is 2.39. The smallest absolute Gasteiger partial charge is 0.327 e. The van der Waals surface area contributed by atoms with E-state index in [4.69, 9.17) is 5.11 Å². The highest BCUT2D eigenvalue weighted by Crippen LogP contribution is 2.11. The first kappa shape index (κ1) is 13.4. The van der Waals surface area contributed by atoms with Gasteiger partial charge in [-0.1, -0.05) is 0 Å². The van der Waals surface area contributed by atoms with Crippen molar-refractivity contribution in [1.29, 1.82) is 0 Å². The third kappa shape index (κ3) is 3.41. The lowest BCUT2D eigenvalue weighted by atomic mass is 10.2. The van der Waals surface area contributed by atoms with E-state index in [0.29, 0.717) is 4.90 Å². The molecule has 0 saturated carbocycles. The second-order valence-corrected chi connectivity index (χ2v) is 5.95. The average molecular weight is 264 g/mol. The van der Waals surface area contributed by atoms with E-state index in [9.17, 15) is 22.8 Å². The summed E-state index contributed by atoms with van der Waals surface area (Å²) in [4.78, 5) is 34.0. The van der Waals surface area contributed by atoms with Crippen LogP contribution < -0.4 is 5.32 Å². The Hall–Kier alpha value is -1.64. The standard InChI is InChI=1S/C8H12N2O6S/c1-17(15,16)3-2-5(7(12)13)10-6(11)4-9-8(10)14/h5H,2-4H2,1H3,(H,9,14)(H,12,13). The molecule has 0 spiro atoms. The van der Waals surface area contributed by atoms with E-state index in [0.717, 1.165) is 6.26 Å². The van der Waals surface area contributed by atoms with E-state index >= 15 is 0 Å². The molecular formula is C8H12N2O6S. The first-order valence-corrected chi connectivity index (χ1v) is 6.79. The number of urea groups is 1. The third-order valence-electron chi connectivity index (χ3n) is 2.24. The number of imide groups is 1. The van der Waals surface area contributed by atoms with Crippen molar-refractivity contribution in [3.8, 4) is 0 Å². The zero-order valence-corrected chi connectivity index (χ0v) is 9.86. The largest absolute Gasteiger partial charge is 0.480 e. The lowest BCUT2D eigenvalue weighted by Gasteiger charge is -2.20. The second kappa shape index (κ2) is 4.70. The zero-order valence-electron chi connectivity index (χ0n) is 9.04. The number of rotatable bonds is 5. The van der Waals surface area contributed by atoms with Crippen molar-refractivity contribution in [3.63, 3.8) is 0 Å². The summed E-state index contributed by atoms with van der Waals surface area (Å²) in [7, 11) is -3.35. The predicted molar refractivity (Wildman–Crippen MR) is 56.0 cm³/mol. The predicted octanol–water partition coefficient (Wildman–Crippen LogP) is -1.57. The van der Waals surface area contributed by atoms with Crippen LogP contribution in [0.5, 0.6) is 0 Å². The molecule has 0 aromatic rings. The second-order valence-electron chi connectivity index (χ2n) is 3.70. The molecule has 0 aromatic heterocycles. The van der Waals surface area contributed by atoms with Crippen molar-refractivity contribution in [1.82, 2.24) is 10.2 Å². The molecule has 0 aliphatic carbocycles. The van der Waals surface area contributed by atoms with E-state index in [-0.39, 0.29) is 13.0 Å². The average Bonchev–Trinajstić information content (AvgIpc) is 2.47. The molecule has 0 bridgehead atoms. The molecule has 1 rings (SSSR count). The number of nitrogens with one attached hydrogen (secondary N) is 1. The van der Waals surface area contributed by atoms with Crippen LogP contribution in [0.25, 0.3) is 0 Å². The Morgan fingerprint density at radius 1 is 1.53 bits per heavy atom. The van der Waals surface area contributed by atoms with Gasteiger partial charge in [0.2, 0.25) is 0 Å². The molecule has 1 saturated heterocycles. The van der Waals surface area contributed by atoms with Crippen LogP contribution in [0.2, 0.25) is 0 Å². The normalized spacial score (nSPS) is 18.1. The number of nitrogens with zero attached hydrogens (tertiary/aromatic N) is 1. The minimum absolute atomic E-state index is 0.262. The Labute approximate surface area is 97.5 Å². The number of carboxylic acid groups (broad SMARTS) is 1. The summed E-state index contributed by atoms with van der Waals surface area (Å²) in [5.41, 5.74) is 0. The summed E-state index contributed by atoms with van der Waals surface area (Å²) in [6.45, 7) is -0.262. The van der Waals surface area contributed by atoms with Crippen molar-refractivity contribution < 1.29 is 27.9 Å². The van der Waals surface area contributed by atoms with Gasteiger partial charge in [-0.25, -0.2) is 22.9 Å². The monoisotopic (exact) mass is 264 g/mol. The van der Waals surface area contributed by atoms with Crippen LogP contribution in [0.4, 0.5) is 4.79 Å². The number of aliphatic carboxylic acids is 1. The van der Waals surface area contributed by atoms with E-state index in [1.165, 1.54) is 0 Å². The summed E-state index contributed by atoms with van der Waals surface area (Å²) in [6.07, 6.45) is 0.644. The van der Waals surface area contributed by atoms with Crippen LogP contribution in [0.1, 0.15) is 6.42 Å². The Morgan fingerprint density at radius 2 is 2.12 bits per heavy atom. The van der Waals surface area contributed by atoms with Gasteiger partial charge in [0.25, 0.3) is 5.91 Å². The molecule has 2 N–H and O–H groups in total. The number of carboxylic acids is 1. The van der Waals surface area contributed by atoms with Gasteiger partial charge in [-0.3, -0.25) is 4.79 Å². The number of hydrogen-bond donors (Lipinski definition) is 2. The Morgan fingerprint density at radius 3 is 2.47 bits per heavy atom.